The number of benzene rings is 6. The van der Waals surface area contributed by atoms with Crippen LogP contribution in [0.5, 0.6) is 0 Å². The van der Waals surface area contributed by atoms with Gasteiger partial charge >= 0.3 is 0 Å². The van der Waals surface area contributed by atoms with Crippen molar-refractivity contribution < 1.29 is 0 Å². The quantitative estimate of drug-likeness (QED) is 0.217. The highest BCUT2D eigenvalue weighted by atomic mass is 32.1. The molecule has 0 spiro atoms. The SMILES string of the molecule is N#Cc1ccccc1-c1cc(-c2ccc3c(c2)sc2ccccc23)ccc1-c1ccc2sc3ccccc3c2c1. The monoisotopic (exact) mass is 543 g/mol. The summed E-state index contributed by atoms with van der Waals surface area (Å²) >= 11 is 3.67. The molecule has 0 saturated carbocycles. The third-order valence-electron chi connectivity index (χ3n) is 7.76. The van der Waals surface area contributed by atoms with Crippen LogP contribution in [-0.4, -0.2) is 0 Å². The zero-order valence-corrected chi connectivity index (χ0v) is 23.0. The molecule has 6 aromatic carbocycles. The highest BCUT2D eigenvalue weighted by Gasteiger charge is 2.15. The largest absolute Gasteiger partial charge is 0.192 e. The van der Waals surface area contributed by atoms with Gasteiger partial charge in [0.25, 0.3) is 0 Å². The number of hydrogen-bond donors (Lipinski definition) is 0. The minimum absolute atomic E-state index is 0.683. The topological polar surface area (TPSA) is 23.8 Å². The van der Waals surface area contributed by atoms with Crippen LogP contribution in [0, 0.1) is 11.3 Å². The smallest absolute Gasteiger partial charge is 0.0998 e. The molecule has 0 amide bonds. The molecule has 40 heavy (non-hydrogen) atoms. The van der Waals surface area contributed by atoms with Crippen LogP contribution in [0.4, 0.5) is 0 Å². The van der Waals surface area contributed by atoms with Crippen molar-refractivity contribution in [1.82, 2.24) is 0 Å². The van der Waals surface area contributed by atoms with Gasteiger partial charge in [0.1, 0.15) is 0 Å². The molecule has 0 aliphatic carbocycles. The lowest BCUT2D eigenvalue weighted by Gasteiger charge is -2.15. The van der Waals surface area contributed by atoms with E-state index >= 15 is 0 Å². The van der Waals surface area contributed by atoms with Crippen molar-refractivity contribution in [1.29, 1.82) is 5.26 Å². The van der Waals surface area contributed by atoms with E-state index in [1.807, 2.05) is 40.9 Å². The van der Waals surface area contributed by atoms with Crippen LogP contribution in [-0.2, 0) is 0 Å². The van der Waals surface area contributed by atoms with Crippen LogP contribution in [0.2, 0.25) is 0 Å². The first-order valence-corrected chi connectivity index (χ1v) is 14.9. The van der Waals surface area contributed by atoms with Crippen molar-refractivity contribution in [3.8, 4) is 39.4 Å². The van der Waals surface area contributed by atoms with Crippen molar-refractivity contribution in [2.75, 3.05) is 0 Å². The summed E-state index contributed by atoms with van der Waals surface area (Å²) in [6.07, 6.45) is 0. The van der Waals surface area contributed by atoms with Gasteiger partial charge in [-0.1, -0.05) is 84.9 Å². The molecule has 0 saturated heterocycles. The van der Waals surface area contributed by atoms with Crippen molar-refractivity contribution in [2.45, 2.75) is 0 Å². The first-order chi connectivity index (χ1) is 19.8. The van der Waals surface area contributed by atoms with Crippen LogP contribution >= 0.6 is 22.7 Å². The molecule has 0 aliphatic rings. The molecule has 0 unspecified atom stereocenters. The number of thiophene rings is 2. The molecular formula is C37H21NS2. The summed E-state index contributed by atoms with van der Waals surface area (Å²) in [4.78, 5) is 0. The predicted octanol–water partition coefficient (Wildman–Crippen LogP) is 11.3. The molecule has 0 aliphatic heterocycles. The van der Waals surface area contributed by atoms with Gasteiger partial charge in [-0.3, -0.25) is 0 Å². The lowest BCUT2D eigenvalue weighted by molar-refractivity contribution is 1.48. The summed E-state index contributed by atoms with van der Waals surface area (Å²) in [5.74, 6) is 0. The van der Waals surface area contributed by atoms with Gasteiger partial charge < -0.3 is 0 Å². The number of nitrogens with zero attached hydrogens (tertiary/aromatic N) is 1. The highest BCUT2D eigenvalue weighted by molar-refractivity contribution is 7.26. The van der Waals surface area contributed by atoms with E-state index in [4.69, 9.17) is 0 Å². The van der Waals surface area contributed by atoms with Gasteiger partial charge in [-0.25, -0.2) is 0 Å². The third kappa shape index (κ3) is 3.66. The Morgan fingerprint density at radius 3 is 1.82 bits per heavy atom. The zero-order valence-electron chi connectivity index (χ0n) is 21.4. The molecule has 186 valence electrons. The Balaban J connectivity index is 1.34. The third-order valence-corrected chi connectivity index (χ3v) is 10.0. The summed E-state index contributed by atoms with van der Waals surface area (Å²) in [7, 11) is 0. The Hall–Kier alpha value is -4.75. The molecule has 2 aromatic heterocycles. The Bertz CT molecular complexity index is 2290. The maximum Gasteiger partial charge on any atom is 0.0998 e. The van der Waals surface area contributed by atoms with Crippen LogP contribution in [0.25, 0.3) is 73.7 Å². The van der Waals surface area contributed by atoms with Gasteiger partial charge in [-0.2, -0.15) is 5.26 Å². The average Bonchev–Trinajstić information content (AvgIpc) is 3.58. The maximum atomic E-state index is 10.00. The van der Waals surface area contributed by atoms with E-state index in [1.54, 1.807) is 0 Å². The molecule has 0 atom stereocenters. The second-order valence-corrected chi connectivity index (χ2v) is 12.2. The van der Waals surface area contributed by atoms with Gasteiger partial charge in [0, 0.05) is 45.9 Å². The second kappa shape index (κ2) is 9.17. The fourth-order valence-electron chi connectivity index (χ4n) is 5.81. The lowest BCUT2D eigenvalue weighted by Crippen LogP contribution is -1.90. The van der Waals surface area contributed by atoms with Gasteiger partial charge in [-0.15, -0.1) is 22.7 Å². The standard InChI is InChI=1S/C37H21NS2/c38-22-26-7-1-2-8-27(26)32-19-23(24-14-17-31-29-9-3-5-11-34(29)40-37(31)21-24)13-16-28(32)25-15-18-36-33(20-25)30-10-4-6-12-35(30)39-36/h1-21H. The minimum Gasteiger partial charge on any atom is -0.192 e. The summed E-state index contributed by atoms with van der Waals surface area (Å²) in [6.45, 7) is 0. The van der Waals surface area contributed by atoms with E-state index in [1.165, 1.54) is 45.9 Å². The van der Waals surface area contributed by atoms with Crippen molar-refractivity contribution in [3.05, 3.63) is 133 Å². The fourth-order valence-corrected chi connectivity index (χ4v) is 8.04. The summed E-state index contributed by atoms with van der Waals surface area (Å²) in [5.41, 5.74) is 7.33. The molecule has 8 rings (SSSR count). The van der Waals surface area contributed by atoms with E-state index in [-0.39, 0.29) is 0 Å². The van der Waals surface area contributed by atoms with Gasteiger partial charge in [0.2, 0.25) is 0 Å². The van der Waals surface area contributed by atoms with Gasteiger partial charge in [-0.05, 0) is 70.3 Å². The fraction of sp³-hybridized carbons (Fsp3) is 0. The molecule has 0 N–H and O–H groups in total. The van der Waals surface area contributed by atoms with Gasteiger partial charge in [0.15, 0.2) is 0 Å². The zero-order chi connectivity index (χ0) is 26.6. The Kier molecular flexibility index (Phi) is 5.31. The Morgan fingerprint density at radius 2 is 1.00 bits per heavy atom. The number of nitriles is 1. The average molecular weight is 544 g/mol. The van der Waals surface area contributed by atoms with E-state index in [2.05, 4.69) is 115 Å². The molecule has 2 heterocycles. The molecule has 3 heteroatoms. The first kappa shape index (κ1) is 23.2. The molecule has 0 radical (unpaired) electrons. The van der Waals surface area contributed by atoms with Gasteiger partial charge in [0.05, 0.1) is 11.6 Å². The lowest BCUT2D eigenvalue weighted by atomic mass is 9.89. The number of rotatable bonds is 3. The molecular weight excluding hydrogens is 523 g/mol. The van der Waals surface area contributed by atoms with Crippen LogP contribution in [0.3, 0.4) is 0 Å². The van der Waals surface area contributed by atoms with Crippen LogP contribution in [0.15, 0.2) is 127 Å². The van der Waals surface area contributed by atoms with Crippen molar-refractivity contribution in [2.24, 2.45) is 0 Å². The Morgan fingerprint density at radius 1 is 0.400 bits per heavy atom. The Labute approximate surface area is 239 Å². The highest BCUT2D eigenvalue weighted by Crippen LogP contribution is 2.42. The molecule has 8 aromatic rings. The van der Waals surface area contributed by atoms with Crippen molar-refractivity contribution in [3.63, 3.8) is 0 Å². The number of hydrogen-bond acceptors (Lipinski definition) is 3. The predicted molar refractivity (Wildman–Crippen MR) is 173 cm³/mol. The van der Waals surface area contributed by atoms with E-state index in [0.717, 1.165) is 27.8 Å². The summed E-state index contributed by atoms with van der Waals surface area (Å²) in [5, 5.41) is 15.2. The van der Waals surface area contributed by atoms with Crippen LogP contribution in [0.1, 0.15) is 5.56 Å². The normalized spacial score (nSPS) is 11.5. The maximum absolute atomic E-state index is 10.00. The minimum atomic E-state index is 0.683. The number of fused-ring (bicyclic) bond motifs is 6. The molecule has 1 nitrogen and oxygen atoms in total. The van der Waals surface area contributed by atoms with Crippen LogP contribution < -0.4 is 0 Å². The second-order valence-electron chi connectivity index (χ2n) is 10.0. The first-order valence-electron chi connectivity index (χ1n) is 13.2. The van der Waals surface area contributed by atoms with E-state index in [9.17, 15) is 5.26 Å². The summed E-state index contributed by atoms with van der Waals surface area (Å²) < 4.78 is 5.19. The molecule has 0 bridgehead atoms. The van der Waals surface area contributed by atoms with E-state index < -0.39 is 0 Å². The molecule has 0 fully saturated rings. The summed E-state index contributed by atoms with van der Waals surface area (Å²) in [6, 6.07) is 47.8. The van der Waals surface area contributed by atoms with E-state index in [0.29, 0.717) is 5.56 Å². The van der Waals surface area contributed by atoms with Crippen molar-refractivity contribution >= 4 is 63.0 Å².